The molecule has 0 spiro atoms. The van der Waals surface area contributed by atoms with Crippen LogP contribution in [0.1, 0.15) is 11.1 Å². The van der Waals surface area contributed by atoms with E-state index in [1.165, 1.54) is 6.07 Å². The van der Waals surface area contributed by atoms with E-state index in [1.807, 2.05) is 5.43 Å². The number of hydrazone groups is 1. The third-order valence-corrected chi connectivity index (χ3v) is 3.58. The number of hydrogen-bond acceptors (Lipinski definition) is 3. The number of rotatable bonds is 2. The Bertz CT molecular complexity index is 900. The highest BCUT2D eigenvalue weighted by molar-refractivity contribution is 6.04. The summed E-state index contributed by atoms with van der Waals surface area (Å²) >= 11 is 0. The molecule has 0 aliphatic carbocycles. The smallest absolute Gasteiger partial charge is 0.428 e. The number of nitrogens with one attached hydrogen (secondary N) is 1. The van der Waals surface area contributed by atoms with Crippen LogP contribution in [0.4, 0.5) is 31.1 Å². The van der Waals surface area contributed by atoms with Crippen molar-refractivity contribution in [1.82, 2.24) is 5.43 Å². The minimum absolute atomic E-state index is 0.0101. The van der Waals surface area contributed by atoms with Gasteiger partial charge in [-0.05, 0) is 29.3 Å². The molecule has 1 N–H and O–H groups in total. The standard InChI is InChI=1S/C16H8F6N2O2/c17-11-4-8(5-12(18)14(11)19)9-2-1-7(3-10(9)16(20,21)22)13-6-26-15(25)24-23-13/h1-5H,6H2,(H,24,25). The monoisotopic (exact) mass is 374 g/mol. The summed E-state index contributed by atoms with van der Waals surface area (Å²) in [6.07, 6.45) is -5.72. The van der Waals surface area contributed by atoms with Crippen molar-refractivity contribution >= 4 is 11.8 Å². The van der Waals surface area contributed by atoms with Gasteiger partial charge in [-0.1, -0.05) is 12.1 Å². The second-order valence-corrected chi connectivity index (χ2v) is 5.26. The topological polar surface area (TPSA) is 50.7 Å². The summed E-state index contributed by atoms with van der Waals surface area (Å²) in [6, 6.07) is 3.84. The number of alkyl halides is 3. The molecule has 1 amide bonds. The van der Waals surface area contributed by atoms with Gasteiger partial charge in [-0.3, -0.25) is 0 Å². The van der Waals surface area contributed by atoms with E-state index in [1.54, 1.807) is 0 Å². The summed E-state index contributed by atoms with van der Waals surface area (Å²) in [5.74, 6) is -4.99. The molecule has 136 valence electrons. The van der Waals surface area contributed by atoms with Crippen molar-refractivity contribution in [3.8, 4) is 11.1 Å². The van der Waals surface area contributed by atoms with Gasteiger partial charge in [0.25, 0.3) is 0 Å². The molecule has 4 nitrogen and oxygen atoms in total. The Morgan fingerprint density at radius 2 is 1.65 bits per heavy atom. The van der Waals surface area contributed by atoms with E-state index >= 15 is 0 Å². The van der Waals surface area contributed by atoms with Crippen LogP contribution >= 0.6 is 0 Å². The molecule has 0 radical (unpaired) electrons. The molecule has 0 fully saturated rings. The molecular weight excluding hydrogens is 366 g/mol. The first-order valence-corrected chi connectivity index (χ1v) is 7.02. The predicted octanol–water partition coefficient (Wildman–Crippen LogP) is 4.23. The van der Waals surface area contributed by atoms with Crippen molar-refractivity contribution in [2.24, 2.45) is 5.10 Å². The highest BCUT2D eigenvalue weighted by atomic mass is 19.4. The molecule has 0 saturated heterocycles. The molecule has 2 aromatic carbocycles. The van der Waals surface area contributed by atoms with Crippen LogP contribution in [-0.4, -0.2) is 18.4 Å². The van der Waals surface area contributed by atoms with Gasteiger partial charge in [-0.15, -0.1) is 0 Å². The summed E-state index contributed by atoms with van der Waals surface area (Å²) in [4.78, 5) is 10.9. The Morgan fingerprint density at radius 1 is 1.00 bits per heavy atom. The van der Waals surface area contributed by atoms with E-state index in [0.29, 0.717) is 18.2 Å². The maximum Gasteiger partial charge on any atom is 0.428 e. The van der Waals surface area contributed by atoms with Gasteiger partial charge in [-0.25, -0.2) is 23.4 Å². The van der Waals surface area contributed by atoms with Gasteiger partial charge < -0.3 is 4.74 Å². The molecule has 0 unspecified atom stereocenters. The number of carbonyl (C=O) groups is 1. The Balaban J connectivity index is 2.14. The van der Waals surface area contributed by atoms with Crippen molar-refractivity contribution in [3.63, 3.8) is 0 Å². The average Bonchev–Trinajstić information content (AvgIpc) is 2.58. The van der Waals surface area contributed by atoms with E-state index in [2.05, 4.69) is 9.84 Å². The minimum Gasteiger partial charge on any atom is -0.442 e. The van der Waals surface area contributed by atoms with Gasteiger partial charge in [0.15, 0.2) is 17.5 Å². The van der Waals surface area contributed by atoms with Crippen molar-refractivity contribution in [1.29, 1.82) is 0 Å². The number of amides is 1. The number of nitrogens with zero attached hydrogens (tertiary/aromatic N) is 1. The molecule has 10 heteroatoms. The molecule has 0 bridgehead atoms. The molecule has 1 aliphatic heterocycles. The maximum atomic E-state index is 13.4. The molecule has 0 aromatic heterocycles. The second-order valence-electron chi connectivity index (χ2n) is 5.26. The summed E-state index contributed by atoms with van der Waals surface area (Å²) in [5.41, 5.74) is -0.249. The average molecular weight is 374 g/mol. The number of hydrogen-bond donors (Lipinski definition) is 1. The minimum atomic E-state index is -4.87. The van der Waals surface area contributed by atoms with Crippen LogP contribution in [0.15, 0.2) is 35.4 Å². The Labute approximate surface area is 142 Å². The van der Waals surface area contributed by atoms with Crippen LogP contribution in [-0.2, 0) is 10.9 Å². The van der Waals surface area contributed by atoms with Crippen molar-refractivity contribution < 1.29 is 35.9 Å². The molecule has 3 rings (SSSR count). The van der Waals surface area contributed by atoms with Gasteiger partial charge in [0.05, 0.1) is 5.56 Å². The lowest BCUT2D eigenvalue weighted by Gasteiger charge is -2.17. The van der Waals surface area contributed by atoms with Crippen LogP contribution < -0.4 is 5.43 Å². The summed E-state index contributed by atoms with van der Waals surface area (Å²) in [7, 11) is 0. The van der Waals surface area contributed by atoms with E-state index in [-0.39, 0.29) is 17.9 Å². The highest BCUT2D eigenvalue weighted by Crippen LogP contribution is 2.38. The summed E-state index contributed by atoms with van der Waals surface area (Å²) < 4.78 is 84.7. The number of cyclic esters (lactones) is 1. The molecule has 1 aliphatic rings. The van der Waals surface area contributed by atoms with Crippen molar-refractivity contribution in [2.75, 3.05) is 6.61 Å². The van der Waals surface area contributed by atoms with E-state index < -0.39 is 46.4 Å². The molecule has 26 heavy (non-hydrogen) atoms. The van der Waals surface area contributed by atoms with Crippen molar-refractivity contribution in [2.45, 2.75) is 6.18 Å². The van der Waals surface area contributed by atoms with Gasteiger partial charge in [0.1, 0.15) is 12.3 Å². The Morgan fingerprint density at radius 3 is 2.19 bits per heavy atom. The van der Waals surface area contributed by atoms with E-state index in [0.717, 1.165) is 6.07 Å². The fourth-order valence-corrected chi connectivity index (χ4v) is 2.38. The molecule has 0 saturated carbocycles. The van der Waals surface area contributed by atoms with Crippen LogP contribution in [0.25, 0.3) is 11.1 Å². The second kappa shape index (κ2) is 6.36. The third kappa shape index (κ3) is 3.35. The fraction of sp³-hybridized carbons (Fsp3) is 0.125. The SMILES string of the molecule is O=C1NN=C(c2ccc(-c3cc(F)c(F)c(F)c3)c(C(F)(F)F)c2)CO1. The highest BCUT2D eigenvalue weighted by Gasteiger charge is 2.35. The van der Waals surface area contributed by atoms with Crippen LogP contribution in [0, 0.1) is 17.5 Å². The molecular formula is C16H8F6N2O2. The fourth-order valence-electron chi connectivity index (χ4n) is 2.38. The van der Waals surface area contributed by atoms with Crippen LogP contribution in [0.5, 0.6) is 0 Å². The molecule has 2 aromatic rings. The largest absolute Gasteiger partial charge is 0.442 e. The van der Waals surface area contributed by atoms with E-state index in [4.69, 9.17) is 0 Å². The Hall–Kier alpha value is -3.04. The number of halogens is 6. The van der Waals surface area contributed by atoms with Crippen LogP contribution in [0.3, 0.4) is 0 Å². The number of carbonyl (C=O) groups excluding carboxylic acids is 1. The quantitative estimate of drug-likeness (QED) is 0.632. The maximum absolute atomic E-state index is 13.4. The lowest BCUT2D eigenvalue weighted by molar-refractivity contribution is -0.137. The zero-order valence-corrected chi connectivity index (χ0v) is 12.6. The molecule has 0 atom stereocenters. The summed E-state index contributed by atoms with van der Waals surface area (Å²) in [6.45, 7) is -0.345. The number of ether oxygens (including phenoxy) is 1. The third-order valence-electron chi connectivity index (χ3n) is 3.58. The first kappa shape index (κ1) is 17.8. The normalized spacial score (nSPS) is 14.5. The van der Waals surface area contributed by atoms with Crippen molar-refractivity contribution in [3.05, 3.63) is 58.9 Å². The van der Waals surface area contributed by atoms with Gasteiger partial charge >= 0.3 is 12.3 Å². The lowest BCUT2D eigenvalue weighted by atomic mass is 9.95. The number of benzene rings is 2. The van der Waals surface area contributed by atoms with E-state index in [9.17, 15) is 31.1 Å². The van der Waals surface area contributed by atoms with Gasteiger partial charge in [0, 0.05) is 5.56 Å². The predicted molar refractivity (Wildman–Crippen MR) is 77.8 cm³/mol. The Kier molecular flexibility index (Phi) is 4.34. The van der Waals surface area contributed by atoms with Crippen LogP contribution in [0.2, 0.25) is 0 Å². The first-order chi connectivity index (χ1) is 12.2. The zero-order chi connectivity index (χ0) is 19.1. The summed E-state index contributed by atoms with van der Waals surface area (Å²) in [5, 5.41) is 3.60. The van der Waals surface area contributed by atoms with Gasteiger partial charge in [0.2, 0.25) is 0 Å². The molecule has 1 heterocycles. The zero-order valence-electron chi connectivity index (χ0n) is 12.6. The first-order valence-electron chi connectivity index (χ1n) is 7.02. The lowest BCUT2D eigenvalue weighted by Crippen LogP contribution is -2.30. The van der Waals surface area contributed by atoms with Gasteiger partial charge in [-0.2, -0.15) is 18.3 Å².